The van der Waals surface area contributed by atoms with Crippen molar-refractivity contribution >= 4 is 59.6 Å². The lowest BCUT2D eigenvalue weighted by atomic mass is 10.1. The lowest BCUT2D eigenvalue weighted by molar-refractivity contribution is -0.141. The number of aryl methyl sites for hydroxylation is 2. The van der Waals surface area contributed by atoms with Crippen molar-refractivity contribution < 1.29 is 29.0 Å². The molecule has 1 N–H and O–H groups in total. The van der Waals surface area contributed by atoms with Gasteiger partial charge in [-0.3, -0.25) is 14.4 Å². The summed E-state index contributed by atoms with van der Waals surface area (Å²) in [6, 6.07) is 22.6. The third-order valence-corrected chi connectivity index (χ3v) is 9.17. The van der Waals surface area contributed by atoms with Crippen LogP contribution in [0.4, 0.5) is 5.69 Å². The van der Waals surface area contributed by atoms with Gasteiger partial charge in [-0.1, -0.05) is 58.9 Å². The minimum absolute atomic E-state index is 0.224. The number of carbonyl (C=O) groups is 3. The molecule has 3 aromatic rings. The van der Waals surface area contributed by atoms with Crippen LogP contribution in [0.3, 0.4) is 0 Å². The number of carboxylic acid groups (broad SMARTS) is 1. The number of nitrogens with zero attached hydrogens (tertiary/aromatic N) is 1. The molecule has 10 heteroatoms. The molecule has 0 spiro atoms. The largest absolute Gasteiger partial charge is 0.488 e. The van der Waals surface area contributed by atoms with Gasteiger partial charge in [0.25, 0.3) is 11.8 Å². The molecule has 0 fully saturated rings. The van der Waals surface area contributed by atoms with Gasteiger partial charge in [-0.25, -0.2) is 4.90 Å². The molecule has 1 unspecified atom stereocenters. The highest BCUT2D eigenvalue weighted by Crippen LogP contribution is 2.44. The highest BCUT2D eigenvalue weighted by molar-refractivity contribution is 8.08. The van der Waals surface area contributed by atoms with Crippen LogP contribution in [-0.2, 0) is 19.1 Å². The molecular weight excluding hydrogens is 603 g/mol. The fraction of sp³-hybridized carbons (Fsp3) is 0.303. The summed E-state index contributed by atoms with van der Waals surface area (Å²) in [6.07, 6.45) is 0.259. The Morgan fingerprint density at radius 3 is 1.72 bits per heavy atom. The van der Waals surface area contributed by atoms with Crippen molar-refractivity contribution in [3.8, 4) is 5.75 Å². The molecule has 0 aromatic heterocycles. The molecule has 43 heavy (non-hydrogen) atoms. The normalized spacial score (nSPS) is 15.2. The van der Waals surface area contributed by atoms with Gasteiger partial charge >= 0.3 is 5.97 Å². The lowest BCUT2D eigenvalue weighted by Crippen LogP contribution is -2.33. The average Bonchev–Trinajstić information content (AvgIpc) is 3.14. The Morgan fingerprint density at radius 2 is 1.28 bits per heavy atom. The van der Waals surface area contributed by atoms with Crippen LogP contribution >= 0.6 is 36.2 Å². The number of anilines is 1. The van der Waals surface area contributed by atoms with Gasteiger partial charge in [0.2, 0.25) is 0 Å². The maximum atomic E-state index is 13.7. The molecule has 0 bridgehead atoms. The first-order valence-electron chi connectivity index (χ1n) is 13.7. The van der Waals surface area contributed by atoms with Gasteiger partial charge in [-0.05, 0) is 83.1 Å². The molecule has 2 amide bonds. The van der Waals surface area contributed by atoms with Gasteiger partial charge in [-0.2, -0.15) is 0 Å². The van der Waals surface area contributed by atoms with Gasteiger partial charge in [0, 0.05) is 16.2 Å². The number of benzene rings is 3. The van der Waals surface area contributed by atoms with Crippen LogP contribution in [0, 0.1) is 13.8 Å². The smallest absolute Gasteiger partial charge is 0.307 e. The van der Waals surface area contributed by atoms with E-state index in [2.05, 4.69) is 12.6 Å². The number of thiol groups is 1. The van der Waals surface area contributed by atoms with E-state index < -0.39 is 16.5 Å². The second-order valence-corrected chi connectivity index (χ2v) is 14.2. The second-order valence-electron chi connectivity index (χ2n) is 11.1. The van der Waals surface area contributed by atoms with Crippen LogP contribution in [-0.4, -0.2) is 40.0 Å². The first kappa shape index (κ1) is 32.7. The van der Waals surface area contributed by atoms with Crippen molar-refractivity contribution in [2.24, 2.45) is 0 Å². The third kappa shape index (κ3) is 8.92. The fourth-order valence-electron chi connectivity index (χ4n) is 4.23. The summed E-state index contributed by atoms with van der Waals surface area (Å²) < 4.78 is 11.8. The molecule has 1 atom stereocenters. The first-order valence-corrected chi connectivity index (χ1v) is 15.8. The van der Waals surface area contributed by atoms with E-state index in [0.29, 0.717) is 27.7 Å². The monoisotopic (exact) mass is 637 g/mol. The van der Waals surface area contributed by atoms with E-state index in [9.17, 15) is 14.4 Å². The molecule has 4 rings (SSSR count). The van der Waals surface area contributed by atoms with Crippen LogP contribution in [0.15, 0.2) is 92.4 Å². The maximum absolute atomic E-state index is 13.7. The number of carbonyl (C=O) groups excluding carboxylic acids is 2. The van der Waals surface area contributed by atoms with Crippen LogP contribution in [0.2, 0.25) is 0 Å². The molecule has 0 saturated heterocycles. The van der Waals surface area contributed by atoms with Crippen molar-refractivity contribution in [3.63, 3.8) is 0 Å². The molecule has 3 aromatic carbocycles. The van der Waals surface area contributed by atoms with Crippen molar-refractivity contribution in [2.45, 2.75) is 67.8 Å². The van der Waals surface area contributed by atoms with Crippen LogP contribution in [0.5, 0.6) is 5.75 Å². The Balaban J connectivity index is 1.49. The molecular formula is C33H35NO6S3. The maximum Gasteiger partial charge on any atom is 0.307 e. The summed E-state index contributed by atoms with van der Waals surface area (Å²) in [5, 5.41) is 9.01. The number of thioether (sulfide) groups is 2. The second kappa shape index (κ2) is 13.6. The van der Waals surface area contributed by atoms with E-state index in [0.717, 1.165) is 20.9 Å². The summed E-state index contributed by atoms with van der Waals surface area (Å²) in [5.41, 5.74) is 2.04. The van der Waals surface area contributed by atoms with E-state index in [1.807, 2.05) is 76.2 Å². The van der Waals surface area contributed by atoms with Crippen molar-refractivity contribution in [2.75, 3.05) is 11.5 Å². The van der Waals surface area contributed by atoms with Crippen LogP contribution in [0.1, 0.15) is 44.7 Å². The molecule has 0 aliphatic carbocycles. The zero-order valence-corrected chi connectivity index (χ0v) is 27.3. The minimum atomic E-state index is -1.08. The number of hydrogen-bond acceptors (Lipinski definition) is 8. The number of ether oxygens (including phenoxy) is 2. The summed E-state index contributed by atoms with van der Waals surface area (Å²) in [6.45, 7) is 9.67. The highest BCUT2D eigenvalue weighted by atomic mass is 32.2. The van der Waals surface area contributed by atoms with Gasteiger partial charge in [0.15, 0.2) is 0 Å². The number of imide groups is 1. The Kier molecular flexibility index (Phi) is 10.4. The van der Waals surface area contributed by atoms with Gasteiger partial charge in [-0.15, -0.1) is 12.6 Å². The number of hydrogen-bond donors (Lipinski definition) is 2. The minimum Gasteiger partial charge on any atom is -0.488 e. The van der Waals surface area contributed by atoms with Crippen LogP contribution in [0.25, 0.3) is 0 Å². The Bertz CT molecular complexity index is 1440. The Hall–Kier alpha value is -3.18. The molecule has 0 radical (unpaired) electrons. The number of amides is 2. The Labute approximate surface area is 266 Å². The van der Waals surface area contributed by atoms with E-state index in [1.165, 1.54) is 28.4 Å². The Morgan fingerprint density at radius 1 is 0.814 bits per heavy atom. The molecule has 226 valence electrons. The lowest BCUT2D eigenvalue weighted by Gasteiger charge is -2.29. The summed E-state index contributed by atoms with van der Waals surface area (Å²) in [5.74, 6) is -1.16. The van der Waals surface area contributed by atoms with Crippen molar-refractivity contribution in [1.29, 1.82) is 0 Å². The summed E-state index contributed by atoms with van der Waals surface area (Å²) in [4.78, 5) is 41.2. The SMILES string of the molecule is Cc1ccc(SC2=C(Sc3ccc(C)cc3)C(=O)N(c3ccc(OC(C)(C)CCOC(C)(S)CC(=O)O)cc3)C2=O)cc1. The molecule has 1 heterocycles. The zero-order valence-electron chi connectivity index (χ0n) is 24.7. The first-order chi connectivity index (χ1) is 20.2. The van der Waals surface area contributed by atoms with E-state index in [-0.39, 0.29) is 24.8 Å². The predicted octanol–water partition coefficient (Wildman–Crippen LogP) is 7.66. The number of aliphatic carboxylic acids is 1. The topological polar surface area (TPSA) is 93.1 Å². The molecule has 0 saturated carbocycles. The molecule has 7 nitrogen and oxygen atoms in total. The molecule has 1 aliphatic rings. The van der Waals surface area contributed by atoms with E-state index in [4.69, 9.17) is 14.6 Å². The third-order valence-electron chi connectivity index (χ3n) is 6.57. The zero-order chi connectivity index (χ0) is 31.4. The highest BCUT2D eigenvalue weighted by Gasteiger charge is 2.40. The van der Waals surface area contributed by atoms with Gasteiger partial charge in [0.1, 0.15) is 16.3 Å². The van der Waals surface area contributed by atoms with E-state index >= 15 is 0 Å². The number of rotatable bonds is 13. The standard InChI is InChI=1S/C33H35NO6S3/c1-21-6-14-25(15-7-21)42-28-29(43-26-16-8-22(2)9-17-26)31(38)34(30(28)37)23-10-12-24(13-11-23)40-32(3,4)18-19-39-33(5,41)20-27(35)36/h6-17,41H,18-20H2,1-5H3,(H,35,36). The quantitative estimate of drug-likeness (QED) is 0.112. The summed E-state index contributed by atoms with van der Waals surface area (Å²) in [7, 11) is 0. The molecule has 1 aliphatic heterocycles. The van der Waals surface area contributed by atoms with Gasteiger partial charge < -0.3 is 14.6 Å². The predicted molar refractivity (Wildman–Crippen MR) is 175 cm³/mol. The fourth-order valence-corrected chi connectivity index (χ4v) is 6.44. The number of carboxylic acids is 1. The van der Waals surface area contributed by atoms with Gasteiger partial charge in [0.05, 0.1) is 28.5 Å². The average molecular weight is 638 g/mol. The van der Waals surface area contributed by atoms with Crippen LogP contribution < -0.4 is 9.64 Å². The van der Waals surface area contributed by atoms with E-state index in [1.54, 1.807) is 31.2 Å². The summed E-state index contributed by atoms with van der Waals surface area (Å²) >= 11 is 6.88. The van der Waals surface area contributed by atoms with Crippen molar-refractivity contribution in [3.05, 3.63) is 93.7 Å². The van der Waals surface area contributed by atoms with Crippen molar-refractivity contribution in [1.82, 2.24) is 0 Å².